The number of hydrogen-bond donors (Lipinski definition) is 1. The predicted octanol–water partition coefficient (Wildman–Crippen LogP) is 2.85. The van der Waals surface area contributed by atoms with Crippen LogP contribution in [0.4, 0.5) is 5.82 Å². The summed E-state index contributed by atoms with van der Waals surface area (Å²) in [6.07, 6.45) is 2.23. The molecular formula is C16H27N3. The summed E-state index contributed by atoms with van der Waals surface area (Å²) < 4.78 is 0. The molecule has 106 valence electrons. The summed E-state index contributed by atoms with van der Waals surface area (Å²) in [5, 5.41) is 3.24. The van der Waals surface area contributed by atoms with Crippen molar-refractivity contribution in [2.45, 2.75) is 40.2 Å². The third-order valence-electron chi connectivity index (χ3n) is 4.12. The largest absolute Gasteiger partial charge is 0.356 e. The number of pyridine rings is 1. The van der Waals surface area contributed by atoms with E-state index in [2.05, 4.69) is 43.1 Å². The highest BCUT2D eigenvalue weighted by Crippen LogP contribution is 2.27. The molecule has 1 saturated heterocycles. The Morgan fingerprint density at radius 1 is 1.26 bits per heavy atom. The summed E-state index contributed by atoms with van der Waals surface area (Å²) in [6, 6.07) is 4.49. The van der Waals surface area contributed by atoms with Gasteiger partial charge in [-0.15, -0.1) is 0 Å². The number of rotatable bonds is 5. The van der Waals surface area contributed by atoms with Gasteiger partial charge in [-0.2, -0.15) is 0 Å². The predicted molar refractivity (Wildman–Crippen MR) is 81.5 cm³/mol. The van der Waals surface area contributed by atoms with E-state index in [1.807, 2.05) is 7.05 Å². The molecule has 2 heterocycles. The van der Waals surface area contributed by atoms with Gasteiger partial charge in [-0.1, -0.05) is 27.2 Å². The highest BCUT2D eigenvalue weighted by Gasteiger charge is 2.27. The second-order valence-electron chi connectivity index (χ2n) is 5.96. The van der Waals surface area contributed by atoms with Crippen molar-refractivity contribution in [2.75, 3.05) is 25.0 Å². The van der Waals surface area contributed by atoms with E-state index < -0.39 is 0 Å². The Bertz CT molecular complexity index is 382. The SMILES string of the molecule is CCCc1cc(CNC)cc(N2CC(C)C(C)C2)n1. The van der Waals surface area contributed by atoms with Crippen molar-refractivity contribution < 1.29 is 0 Å². The number of nitrogens with zero attached hydrogens (tertiary/aromatic N) is 2. The summed E-state index contributed by atoms with van der Waals surface area (Å²) in [5.74, 6) is 2.71. The number of anilines is 1. The van der Waals surface area contributed by atoms with Crippen LogP contribution < -0.4 is 10.2 Å². The Hall–Kier alpha value is -1.09. The van der Waals surface area contributed by atoms with Crippen molar-refractivity contribution in [3.05, 3.63) is 23.4 Å². The number of hydrogen-bond acceptors (Lipinski definition) is 3. The molecule has 1 aliphatic heterocycles. The van der Waals surface area contributed by atoms with Gasteiger partial charge in [0.15, 0.2) is 0 Å². The highest BCUT2D eigenvalue weighted by atomic mass is 15.2. The smallest absolute Gasteiger partial charge is 0.129 e. The van der Waals surface area contributed by atoms with Crippen molar-refractivity contribution in [2.24, 2.45) is 11.8 Å². The topological polar surface area (TPSA) is 28.2 Å². The quantitative estimate of drug-likeness (QED) is 0.883. The number of aromatic nitrogens is 1. The molecule has 19 heavy (non-hydrogen) atoms. The average Bonchev–Trinajstić information content (AvgIpc) is 2.70. The van der Waals surface area contributed by atoms with Gasteiger partial charge < -0.3 is 10.2 Å². The van der Waals surface area contributed by atoms with Gasteiger partial charge in [0.25, 0.3) is 0 Å². The zero-order valence-corrected chi connectivity index (χ0v) is 12.7. The molecule has 1 aliphatic rings. The van der Waals surface area contributed by atoms with Crippen molar-refractivity contribution >= 4 is 5.82 Å². The van der Waals surface area contributed by atoms with Crippen LogP contribution in [-0.4, -0.2) is 25.1 Å². The van der Waals surface area contributed by atoms with Crippen LogP contribution in [0.5, 0.6) is 0 Å². The molecule has 1 aromatic heterocycles. The van der Waals surface area contributed by atoms with Gasteiger partial charge in [-0.25, -0.2) is 4.98 Å². The maximum Gasteiger partial charge on any atom is 0.129 e. The minimum absolute atomic E-state index is 0.768. The van der Waals surface area contributed by atoms with Crippen molar-refractivity contribution in [3.63, 3.8) is 0 Å². The Morgan fingerprint density at radius 3 is 2.53 bits per heavy atom. The molecule has 0 aromatic carbocycles. The minimum atomic E-state index is 0.768. The standard InChI is InChI=1S/C16H27N3/c1-5-6-15-7-14(9-17-4)8-16(18-15)19-10-12(2)13(3)11-19/h7-8,12-13,17H,5-6,9-11H2,1-4H3. The molecule has 0 saturated carbocycles. The van der Waals surface area contributed by atoms with Crippen molar-refractivity contribution in [1.29, 1.82) is 0 Å². The Labute approximate surface area is 117 Å². The second-order valence-corrected chi connectivity index (χ2v) is 5.96. The van der Waals surface area contributed by atoms with Gasteiger partial charge in [0.05, 0.1) is 0 Å². The van der Waals surface area contributed by atoms with Gasteiger partial charge in [0.2, 0.25) is 0 Å². The third kappa shape index (κ3) is 3.47. The minimum Gasteiger partial charge on any atom is -0.356 e. The summed E-state index contributed by atoms with van der Waals surface area (Å²) in [7, 11) is 2.00. The summed E-state index contributed by atoms with van der Waals surface area (Å²) in [4.78, 5) is 7.31. The molecule has 0 bridgehead atoms. The van der Waals surface area contributed by atoms with Gasteiger partial charge in [0, 0.05) is 25.3 Å². The highest BCUT2D eigenvalue weighted by molar-refractivity contribution is 5.44. The van der Waals surface area contributed by atoms with Crippen LogP contribution in [0.1, 0.15) is 38.4 Å². The molecule has 0 amide bonds. The van der Waals surface area contributed by atoms with E-state index in [0.717, 1.165) is 44.3 Å². The molecular weight excluding hydrogens is 234 g/mol. The third-order valence-corrected chi connectivity index (χ3v) is 4.12. The first-order valence-electron chi connectivity index (χ1n) is 7.53. The molecule has 0 aliphatic carbocycles. The summed E-state index contributed by atoms with van der Waals surface area (Å²) in [5.41, 5.74) is 2.58. The van der Waals surface area contributed by atoms with Crippen LogP contribution >= 0.6 is 0 Å². The molecule has 0 radical (unpaired) electrons. The van der Waals surface area contributed by atoms with E-state index >= 15 is 0 Å². The van der Waals surface area contributed by atoms with E-state index in [1.54, 1.807) is 0 Å². The maximum atomic E-state index is 4.85. The summed E-state index contributed by atoms with van der Waals surface area (Å²) >= 11 is 0. The fourth-order valence-electron chi connectivity index (χ4n) is 2.80. The normalized spacial score (nSPS) is 23.1. The van der Waals surface area contributed by atoms with Crippen LogP contribution in [-0.2, 0) is 13.0 Å². The average molecular weight is 261 g/mol. The first kappa shape index (κ1) is 14.3. The second kappa shape index (κ2) is 6.38. The monoisotopic (exact) mass is 261 g/mol. The zero-order chi connectivity index (χ0) is 13.8. The van der Waals surface area contributed by atoms with Gasteiger partial charge in [-0.3, -0.25) is 0 Å². The fourth-order valence-corrected chi connectivity index (χ4v) is 2.80. The van der Waals surface area contributed by atoms with E-state index in [1.165, 1.54) is 17.1 Å². The number of aryl methyl sites for hydroxylation is 1. The molecule has 2 unspecified atom stereocenters. The van der Waals surface area contributed by atoms with E-state index in [-0.39, 0.29) is 0 Å². The first-order valence-corrected chi connectivity index (χ1v) is 7.53. The molecule has 2 atom stereocenters. The Kier molecular flexibility index (Phi) is 4.81. The zero-order valence-electron chi connectivity index (χ0n) is 12.7. The van der Waals surface area contributed by atoms with Crippen LogP contribution in [0, 0.1) is 11.8 Å². The Morgan fingerprint density at radius 2 is 1.95 bits per heavy atom. The van der Waals surface area contributed by atoms with Gasteiger partial charge in [-0.05, 0) is 43.0 Å². The molecule has 3 nitrogen and oxygen atoms in total. The maximum absolute atomic E-state index is 4.85. The van der Waals surface area contributed by atoms with Crippen molar-refractivity contribution in [1.82, 2.24) is 10.3 Å². The first-order chi connectivity index (χ1) is 9.13. The lowest BCUT2D eigenvalue weighted by molar-refractivity contribution is 0.494. The lowest BCUT2D eigenvalue weighted by Gasteiger charge is -2.19. The van der Waals surface area contributed by atoms with Gasteiger partial charge >= 0.3 is 0 Å². The van der Waals surface area contributed by atoms with Crippen LogP contribution in [0.3, 0.4) is 0 Å². The summed E-state index contributed by atoms with van der Waals surface area (Å²) in [6.45, 7) is 10.1. The molecule has 3 heteroatoms. The van der Waals surface area contributed by atoms with Gasteiger partial charge in [0.1, 0.15) is 5.82 Å². The number of nitrogens with one attached hydrogen (secondary N) is 1. The van der Waals surface area contributed by atoms with E-state index in [0.29, 0.717) is 0 Å². The van der Waals surface area contributed by atoms with E-state index in [4.69, 9.17) is 4.98 Å². The molecule has 1 fully saturated rings. The van der Waals surface area contributed by atoms with E-state index in [9.17, 15) is 0 Å². The molecule has 1 aromatic rings. The molecule has 2 rings (SSSR count). The lowest BCUT2D eigenvalue weighted by atomic mass is 10.0. The van der Waals surface area contributed by atoms with Crippen molar-refractivity contribution in [3.8, 4) is 0 Å². The van der Waals surface area contributed by atoms with Crippen LogP contribution in [0.25, 0.3) is 0 Å². The molecule has 1 N–H and O–H groups in total. The fraction of sp³-hybridized carbons (Fsp3) is 0.688. The van der Waals surface area contributed by atoms with Crippen LogP contribution in [0.2, 0.25) is 0 Å². The molecule has 0 spiro atoms. The van der Waals surface area contributed by atoms with Crippen LogP contribution in [0.15, 0.2) is 12.1 Å². The Balaban J connectivity index is 2.23. The lowest BCUT2D eigenvalue weighted by Crippen LogP contribution is -2.22.